The van der Waals surface area contributed by atoms with Crippen LogP contribution in [0.25, 0.3) is 0 Å². The zero-order chi connectivity index (χ0) is 9.14. The van der Waals surface area contributed by atoms with E-state index in [4.69, 9.17) is 5.73 Å². The predicted octanol–water partition coefficient (Wildman–Crippen LogP) is 2.41. The Hall–Kier alpha value is -0.890. The van der Waals surface area contributed by atoms with Crippen LogP contribution in [0.2, 0.25) is 0 Å². The average molecular weight is 167 g/mol. The summed E-state index contributed by atoms with van der Waals surface area (Å²) in [6.07, 6.45) is 0.828. The van der Waals surface area contributed by atoms with E-state index in [1.165, 1.54) is 6.07 Å². The molecule has 0 unspecified atom stereocenters. The van der Waals surface area contributed by atoms with Gasteiger partial charge in [-0.2, -0.15) is 0 Å². The maximum atomic E-state index is 13.2. The van der Waals surface area contributed by atoms with E-state index in [9.17, 15) is 4.39 Å². The van der Waals surface area contributed by atoms with Crippen molar-refractivity contribution in [1.82, 2.24) is 0 Å². The molecule has 0 heterocycles. The van der Waals surface area contributed by atoms with Gasteiger partial charge in [0.25, 0.3) is 0 Å². The molecule has 0 saturated heterocycles. The Morgan fingerprint density at radius 3 is 2.58 bits per heavy atom. The predicted molar refractivity (Wildman–Crippen MR) is 48.4 cm³/mol. The van der Waals surface area contributed by atoms with Crippen molar-refractivity contribution in [2.45, 2.75) is 26.3 Å². The zero-order valence-electron chi connectivity index (χ0n) is 7.47. The molecule has 0 saturated carbocycles. The van der Waals surface area contributed by atoms with Crippen LogP contribution >= 0.6 is 0 Å². The Morgan fingerprint density at radius 2 is 2.17 bits per heavy atom. The molecule has 0 aromatic heterocycles. The summed E-state index contributed by atoms with van der Waals surface area (Å²) in [7, 11) is 0. The van der Waals surface area contributed by atoms with Crippen LogP contribution < -0.4 is 5.73 Å². The molecule has 2 heteroatoms. The van der Waals surface area contributed by atoms with Crippen LogP contribution in [0.3, 0.4) is 0 Å². The number of benzene rings is 1. The highest BCUT2D eigenvalue weighted by Crippen LogP contribution is 2.19. The normalized spacial score (nSPS) is 13.0. The van der Waals surface area contributed by atoms with Crippen LogP contribution in [0.15, 0.2) is 18.2 Å². The van der Waals surface area contributed by atoms with Gasteiger partial charge in [0.05, 0.1) is 0 Å². The molecule has 1 atom stereocenters. The topological polar surface area (TPSA) is 26.0 Å². The third kappa shape index (κ3) is 1.64. The van der Waals surface area contributed by atoms with Crippen molar-refractivity contribution in [2.75, 3.05) is 0 Å². The monoisotopic (exact) mass is 167 g/mol. The minimum absolute atomic E-state index is 0.190. The van der Waals surface area contributed by atoms with E-state index in [-0.39, 0.29) is 11.9 Å². The minimum atomic E-state index is -0.221. The summed E-state index contributed by atoms with van der Waals surface area (Å²) in [6.45, 7) is 3.80. The van der Waals surface area contributed by atoms with E-state index in [0.717, 1.165) is 12.0 Å². The summed E-state index contributed by atoms with van der Waals surface area (Å²) in [5, 5.41) is 0. The first-order valence-electron chi connectivity index (χ1n) is 4.19. The molecule has 1 aromatic carbocycles. The van der Waals surface area contributed by atoms with Crippen LogP contribution in [0, 0.1) is 5.82 Å². The van der Waals surface area contributed by atoms with Crippen molar-refractivity contribution in [3.63, 3.8) is 0 Å². The molecule has 0 aliphatic carbocycles. The first-order valence-corrected chi connectivity index (χ1v) is 4.19. The summed E-state index contributed by atoms with van der Waals surface area (Å²) in [5.41, 5.74) is 7.31. The number of nitrogens with two attached hydrogens (primary N) is 1. The number of rotatable bonds is 2. The fraction of sp³-hybridized carbons (Fsp3) is 0.400. The van der Waals surface area contributed by atoms with E-state index < -0.39 is 0 Å². The number of hydrogen-bond acceptors (Lipinski definition) is 1. The van der Waals surface area contributed by atoms with Crippen LogP contribution in [-0.2, 0) is 6.42 Å². The molecule has 66 valence electrons. The highest BCUT2D eigenvalue weighted by molar-refractivity contribution is 5.30. The highest BCUT2D eigenvalue weighted by atomic mass is 19.1. The molecule has 0 bridgehead atoms. The Balaban J connectivity index is 3.20. The van der Waals surface area contributed by atoms with Crippen molar-refractivity contribution in [1.29, 1.82) is 0 Å². The van der Waals surface area contributed by atoms with Crippen molar-refractivity contribution >= 4 is 0 Å². The fourth-order valence-electron chi connectivity index (χ4n) is 1.40. The van der Waals surface area contributed by atoms with E-state index in [1.54, 1.807) is 13.0 Å². The Kier molecular flexibility index (Phi) is 2.82. The van der Waals surface area contributed by atoms with Crippen molar-refractivity contribution < 1.29 is 4.39 Å². The maximum Gasteiger partial charge on any atom is 0.128 e. The number of hydrogen-bond donors (Lipinski definition) is 1. The maximum absolute atomic E-state index is 13.2. The zero-order valence-corrected chi connectivity index (χ0v) is 7.47. The van der Waals surface area contributed by atoms with E-state index in [1.807, 2.05) is 13.0 Å². The largest absolute Gasteiger partial charge is 0.324 e. The quantitative estimate of drug-likeness (QED) is 0.719. The molecule has 2 N–H and O–H groups in total. The molecule has 12 heavy (non-hydrogen) atoms. The van der Waals surface area contributed by atoms with Gasteiger partial charge in [-0.25, -0.2) is 4.39 Å². The van der Waals surface area contributed by atoms with Gasteiger partial charge in [0.2, 0.25) is 0 Å². The molecule has 0 radical (unpaired) electrons. The average Bonchev–Trinajstić information content (AvgIpc) is 2.03. The van der Waals surface area contributed by atoms with E-state index >= 15 is 0 Å². The van der Waals surface area contributed by atoms with Gasteiger partial charge in [-0.15, -0.1) is 0 Å². The lowest BCUT2D eigenvalue weighted by Crippen LogP contribution is -2.10. The van der Waals surface area contributed by atoms with Gasteiger partial charge in [0.1, 0.15) is 5.82 Å². The molecule has 0 amide bonds. The number of halogens is 1. The second-order valence-corrected chi connectivity index (χ2v) is 2.95. The Morgan fingerprint density at radius 1 is 1.50 bits per heavy atom. The third-order valence-electron chi connectivity index (χ3n) is 1.98. The summed E-state index contributed by atoms with van der Waals surface area (Å²) in [5.74, 6) is -0.190. The molecule has 0 aliphatic heterocycles. The van der Waals surface area contributed by atoms with E-state index in [0.29, 0.717) is 5.56 Å². The van der Waals surface area contributed by atoms with Gasteiger partial charge >= 0.3 is 0 Å². The third-order valence-corrected chi connectivity index (χ3v) is 1.98. The van der Waals surface area contributed by atoms with Gasteiger partial charge < -0.3 is 5.73 Å². The first kappa shape index (κ1) is 9.20. The van der Waals surface area contributed by atoms with Crippen LogP contribution in [-0.4, -0.2) is 0 Å². The minimum Gasteiger partial charge on any atom is -0.324 e. The molecule has 1 nitrogen and oxygen atoms in total. The molecule has 0 spiro atoms. The van der Waals surface area contributed by atoms with Crippen molar-refractivity contribution in [2.24, 2.45) is 5.73 Å². The van der Waals surface area contributed by atoms with E-state index in [2.05, 4.69) is 0 Å². The smallest absolute Gasteiger partial charge is 0.128 e. The van der Waals surface area contributed by atoms with Gasteiger partial charge in [-0.05, 0) is 25.0 Å². The molecular weight excluding hydrogens is 153 g/mol. The van der Waals surface area contributed by atoms with Gasteiger partial charge in [-0.3, -0.25) is 0 Å². The Labute approximate surface area is 72.4 Å². The van der Waals surface area contributed by atoms with Crippen LogP contribution in [0.5, 0.6) is 0 Å². The Bertz CT molecular complexity index is 269. The van der Waals surface area contributed by atoms with Gasteiger partial charge in [-0.1, -0.05) is 19.1 Å². The lowest BCUT2D eigenvalue weighted by Gasteiger charge is -2.11. The molecule has 1 rings (SSSR count). The summed E-state index contributed by atoms with van der Waals surface area (Å²) >= 11 is 0. The van der Waals surface area contributed by atoms with Crippen LogP contribution in [0.4, 0.5) is 4.39 Å². The lowest BCUT2D eigenvalue weighted by molar-refractivity contribution is 0.589. The summed E-state index contributed by atoms with van der Waals surface area (Å²) in [4.78, 5) is 0. The second kappa shape index (κ2) is 3.68. The second-order valence-electron chi connectivity index (χ2n) is 2.95. The van der Waals surface area contributed by atoms with Crippen LogP contribution in [0.1, 0.15) is 31.0 Å². The van der Waals surface area contributed by atoms with Crippen molar-refractivity contribution in [3.05, 3.63) is 35.1 Å². The van der Waals surface area contributed by atoms with Crippen molar-refractivity contribution in [3.8, 4) is 0 Å². The van der Waals surface area contributed by atoms with Gasteiger partial charge in [0.15, 0.2) is 0 Å². The molecule has 1 aromatic rings. The first-order chi connectivity index (χ1) is 5.66. The number of aryl methyl sites for hydroxylation is 1. The lowest BCUT2D eigenvalue weighted by atomic mass is 10.00. The summed E-state index contributed by atoms with van der Waals surface area (Å²) in [6, 6.07) is 4.88. The molecule has 0 aliphatic rings. The fourth-order valence-corrected chi connectivity index (χ4v) is 1.40. The molecule has 0 fully saturated rings. The summed E-state index contributed by atoms with van der Waals surface area (Å²) < 4.78 is 13.2. The molecular formula is C10H14FN. The SMILES string of the molecule is CCc1cccc(F)c1[C@H](C)N. The standard InChI is InChI=1S/C10H14FN/c1-3-8-5-4-6-9(11)10(8)7(2)12/h4-7H,3,12H2,1-2H3/t7-/m0/s1. The van der Waals surface area contributed by atoms with Gasteiger partial charge in [0, 0.05) is 11.6 Å². The highest BCUT2D eigenvalue weighted by Gasteiger charge is 2.10.